The number of carbonyl (C=O) groups excluding carboxylic acids is 1. The Bertz CT molecular complexity index is 815. The molecule has 1 amide bonds. The molecule has 0 aromatic heterocycles. The minimum absolute atomic E-state index is 0.0994. The summed E-state index contributed by atoms with van der Waals surface area (Å²) in [6.07, 6.45) is 7.54. The largest absolute Gasteiger partial charge is 0.480 e. The monoisotopic (exact) mass is 413 g/mol. The number of aryl methyl sites for hydroxylation is 1. The van der Waals surface area contributed by atoms with Gasteiger partial charge < -0.3 is 20.6 Å². The van der Waals surface area contributed by atoms with Crippen LogP contribution < -0.4 is 10.6 Å². The lowest BCUT2D eigenvalue weighted by atomic mass is 10.1. The molecule has 2 rings (SSSR count). The number of benzene rings is 1. The second-order valence-corrected chi connectivity index (χ2v) is 7.47. The van der Waals surface area contributed by atoms with Gasteiger partial charge in [-0.25, -0.2) is 4.99 Å². The third-order valence-electron chi connectivity index (χ3n) is 4.73. The summed E-state index contributed by atoms with van der Waals surface area (Å²) in [6, 6.07) is 5.57. The van der Waals surface area contributed by atoms with Gasteiger partial charge in [-0.2, -0.15) is 0 Å². The first-order valence-corrected chi connectivity index (χ1v) is 10.3. The van der Waals surface area contributed by atoms with Gasteiger partial charge in [-0.05, 0) is 55.4 Å². The summed E-state index contributed by atoms with van der Waals surface area (Å²) in [5.41, 5.74) is 2.53. The molecular formula is C22H31N5O3. The molecule has 0 spiro atoms. The number of nitrogens with one attached hydrogen (secondary N) is 3. The molecule has 8 heteroatoms. The molecule has 30 heavy (non-hydrogen) atoms. The summed E-state index contributed by atoms with van der Waals surface area (Å²) in [4.78, 5) is 29.3. The highest BCUT2D eigenvalue weighted by Gasteiger charge is 2.25. The predicted molar refractivity (Wildman–Crippen MR) is 119 cm³/mol. The molecule has 1 fully saturated rings. The number of hydrogen-bond acceptors (Lipinski definition) is 4. The van der Waals surface area contributed by atoms with Crippen molar-refractivity contribution in [1.82, 2.24) is 10.2 Å². The summed E-state index contributed by atoms with van der Waals surface area (Å²) in [5, 5.41) is 21.7. The van der Waals surface area contributed by atoms with Crippen molar-refractivity contribution in [2.45, 2.75) is 39.7 Å². The molecule has 1 aliphatic rings. The Kier molecular flexibility index (Phi) is 9.21. The van der Waals surface area contributed by atoms with E-state index in [0.29, 0.717) is 24.0 Å². The van der Waals surface area contributed by atoms with Crippen LogP contribution in [0.4, 0.5) is 5.69 Å². The number of anilines is 1. The highest BCUT2D eigenvalue weighted by atomic mass is 16.4. The zero-order chi connectivity index (χ0) is 21.9. The van der Waals surface area contributed by atoms with Gasteiger partial charge >= 0.3 is 5.97 Å². The van der Waals surface area contributed by atoms with Gasteiger partial charge in [0.25, 0.3) is 0 Å². The van der Waals surface area contributed by atoms with Crippen molar-refractivity contribution in [3.8, 4) is 0 Å². The van der Waals surface area contributed by atoms with E-state index in [1.807, 2.05) is 25.1 Å². The van der Waals surface area contributed by atoms with Crippen molar-refractivity contribution in [2.24, 2.45) is 10.9 Å². The molecule has 8 nitrogen and oxygen atoms in total. The van der Waals surface area contributed by atoms with Gasteiger partial charge in [0.15, 0.2) is 0 Å². The fourth-order valence-electron chi connectivity index (χ4n) is 3.09. The quantitative estimate of drug-likeness (QED) is 0.239. The van der Waals surface area contributed by atoms with Crippen LogP contribution in [0.5, 0.6) is 0 Å². The van der Waals surface area contributed by atoms with Gasteiger partial charge in [-0.3, -0.25) is 15.0 Å². The van der Waals surface area contributed by atoms with Crippen molar-refractivity contribution >= 4 is 29.7 Å². The van der Waals surface area contributed by atoms with Crippen LogP contribution in [0.15, 0.2) is 35.3 Å². The first-order valence-electron chi connectivity index (χ1n) is 10.3. The molecule has 0 aliphatic heterocycles. The predicted octanol–water partition coefficient (Wildman–Crippen LogP) is 2.79. The number of nitrogens with zero attached hydrogens (tertiary/aromatic N) is 2. The molecule has 0 unspecified atom stereocenters. The average Bonchev–Trinajstić information content (AvgIpc) is 3.51. The number of carboxylic acid groups (broad SMARTS) is 1. The van der Waals surface area contributed by atoms with E-state index >= 15 is 0 Å². The first-order chi connectivity index (χ1) is 14.4. The van der Waals surface area contributed by atoms with Gasteiger partial charge in [0, 0.05) is 31.4 Å². The second-order valence-electron chi connectivity index (χ2n) is 7.47. The Hall–Kier alpha value is -3.00. The van der Waals surface area contributed by atoms with Gasteiger partial charge in [0.05, 0.1) is 6.54 Å². The number of hydrogen-bond donors (Lipinski definition) is 4. The van der Waals surface area contributed by atoms with Crippen LogP contribution in [0.1, 0.15) is 37.3 Å². The molecule has 1 aromatic carbocycles. The highest BCUT2D eigenvalue weighted by molar-refractivity contribution is 6.06. The molecule has 0 atom stereocenters. The van der Waals surface area contributed by atoms with E-state index in [-0.39, 0.29) is 12.5 Å². The number of amides is 1. The van der Waals surface area contributed by atoms with Crippen LogP contribution in [0, 0.1) is 18.3 Å². The van der Waals surface area contributed by atoms with Crippen molar-refractivity contribution in [1.29, 1.82) is 5.41 Å². The Morgan fingerprint density at radius 2 is 2.10 bits per heavy atom. The van der Waals surface area contributed by atoms with E-state index < -0.39 is 5.97 Å². The summed E-state index contributed by atoms with van der Waals surface area (Å²) in [6.45, 7) is 6.08. The van der Waals surface area contributed by atoms with E-state index in [4.69, 9.17) is 10.5 Å². The van der Waals surface area contributed by atoms with Crippen molar-refractivity contribution in [3.05, 3.63) is 41.5 Å². The zero-order valence-corrected chi connectivity index (χ0v) is 17.6. The number of carboxylic acids is 1. The number of rotatable bonds is 12. The number of aliphatic carboxylic acids is 1. The van der Waals surface area contributed by atoms with Crippen LogP contribution in [-0.4, -0.2) is 53.7 Å². The third kappa shape index (κ3) is 8.16. The number of aliphatic imine (C=N–C) groups is 1. The van der Waals surface area contributed by atoms with E-state index in [0.717, 1.165) is 37.0 Å². The summed E-state index contributed by atoms with van der Waals surface area (Å²) >= 11 is 0. The van der Waals surface area contributed by atoms with Gasteiger partial charge in [-0.1, -0.05) is 19.1 Å². The standard InChI is InChI=1S/C22H31N5O3/c1-3-10-27(14-17-4-5-17)20(25-15-23)8-9-21(28)26-19-7-6-18(11-16(19)2)12-24-13-22(29)30/h6-9,11,15,17,23-24H,3-5,10,12-14H2,1-2H3,(H,26,28)(H,29,30)/b9-8+,23-15?,25-20+. The van der Waals surface area contributed by atoms with Gasteiger partial charge in [0.1, 0.15) is 12.2 Å². The normalized spacial score (nSPS) is 14.0. The van der Waals surface area contributed by atoms with E-state index in [9.17, 15) is 9.59 Å². The Labute approximate surface area is 177 Å². The smallest absolute Gasteiger partial charge is 0.317 e. The molecule has 1 saturated carbocycles. The fraction of sp³-hybridized carbons (Fsp3) is 0.455. The van der Waals surface area contributed by atoms with Crippen LogP contribution in [-0.2, 0) is 16.1 Å². The minimum atomic E-state index is -0.900. The van der Waals surface area contributed by atoms with Gasteiger partial charge in [0.2, 0.25) is 5.91 Å². The van der Waals surface area contributed by atoms with E-state index in [1.165, 1.54) is 18.9 Å². The Balaban J connectivity index is 1.98. The molecule has 0 heterocycles. The van der Waals surface area contributed by atoms with E-state index in [2.05, 4.69) is 27.4 Å². The SMILES string of the molecule is CCCN(CC1CC1)C(/C=C/C(=O)Nc1ccc(CNCC(=O)O)cc1C)=N/C=N. The summed E-state index contributed by atoms with van der Waals surface area (Å²) in [5.74, 6) is 0.143. The lowest BCUT2D eigenvalue weighted by Crippen LogP contribution is -2.32. The van der Waals surface area contributed by atoms with Crippen LogP contribution in [0.3, 0.4) is 0 Å². The van der Waals surface area contributed by atoms with Crippen molar-refractivity contribution < 1.29 is 14.7 Å². The highest BCUT2D eigenvalue weighted by Crippen LogP contribution is 2.30. The maximum atomic E-state index is 12.4. The van der Waals surface area contributed by atoms with Crippen LogP contribution >= 0.6 is 0 Å². The van der Waals surface area contributed by atoms with E-state index in [1.54, 1.807) is 6.08 Å². The molecule has 1 aromatic rings. The number of carbonyl (C=O) groups is 2. The third-order valence-corrected chi connectivity index (χ3v) is 4.73. The lowest BCUT2D eigenvalue weighted by molar-refractivity contribution is -0.136. The topological polar surface area (TPSA) is 118 Å². The lowest BCUT2D eigenvalue weighted by Gasteiger charge is -2.23. The fourth-order valence-corrected chi connectivity index (χ4v) is 3.09. The van der Waals surface area contributed by atoms with Gasteiger partial charge in [-0.15, -0.1) is 0 Å². The zero-order valence-electron chi connectivity index (χ0n) is 17.6. The second kappa shape index (κ2) is 11.9. The molecule has 0 saturated heterocycles. The van der Waals surface area contributed by atoms with Crippen LogP contribution in [0.25, 0.3) is 0 Å². The summed E-state index contributed by atoms with van der Waals surface area (Å²) < 4.78 is 0. The van der Waals surface area contributed by atoms with Crippen molar-refractivity contribution in [2.75, 3.05) is 25.0 Å². The molecule has 0 bridgehead atoms. The van der Waals surface area contributed by atoms with Crippen LogP contribution in [0.2, 0.25) is 0 Å². The maximum absolute atomic E-state index is 12.4. The van der Waals surface area contributed by atoms with Crippen molar-refractivity contribution in [3.63, 3.8) is 0 Å². The first kappa shape index (κ1) is 23.3. The maximum Gasteiger partial charge on any atom is 0.317 e. The average molecular weight is 414 g/mol. The number of amidine groups is 1. The molecule has 0 radical (unpaired) electrons. The molecule has 1 aliphatic carbocycles. The molecule has 4 N–H and O–H groups in total. The Morgan fingerprint density at radius 1 is 1.33 bits per heavy atom. The Morgan fingerprint density at radius 3 is 2.70 bits per heavy atom. The summed E-state index contributed by atoms with van der Waals surface area (Å²) in [7, 11) is 0. The molecule has 162 valence electrons. The molecular weight excluding hydrogens is 382 g/mol. The minimum Gasteiger partial charge on any atom is -0.480 e.